The van der Waals surface area contributed by atoms with Gasteiger partial charge in [-0.1, -0.05) is 12.1 Å². The molecule has 0 unspecified atom stereocenters. The van der Waals surface area contributed by atoms with E-state index in [0.717, 1.165) is 11.3 Å². The van der Waals surface area contributed by atoms with Gasteiger partial charge in [0.05, 0.1) is 26.9 Å². The van der Waals surface area contributed by atoms with Crippen LogP contribution in [0.4, 0.5) is 5.69 Å². The minimum Gasteiger partial charge on any atom is -0.496 e. The Kier molecular flexibility index (Phi) is 4.88. The first-order chi connectivity index (χ1) is 10.6. The Labute approximate surface area is 129 Å². The predicted molar refractivity (Wildman–Crippen MR) is 85.2 cm³/mol. The molecular formula is C17H19NO4. The van der Waals surface area contributed by atoms with Gasteiger partial charge in [-0.3, -0.25) is 4.79 Å². The van der Waals surface area contributed by atoms with Gasteiger partial charge >= 0.3 is 0 Å². The maximum absolute atomic E-state index is 12.5. The smallest absolute Gasteiger partial charge is 0.259 e. The molecule has 0 aliphatic rings. The lowest BCUT2D eigenvalue weighted by Gasteiger charge is -2.14. The summed E-state index contributed by atoms with van der Waals surface area (Å²) in [6, 6.07) is 10.8. The minimum absolute atomic E-state index is 0.275. The van der Waals surface area contributed by atoms with Crippen LogP contribution in [0.1, 0.15) is 15.9 Å². The fourth-order valence-corrected chi connectivity index (χ4v) is 2.13. The van der Waals surface area contributed by atoms with Crippen molar-refractivity contribution in [3.05, 3.63) is 47.5 Å². The maximum atomic E-state index is 12.5. The molecule has 0 spiro atoms. The molecule has 0 radical (unpaired) electrons. The quantitative estimate of drug-likeness (QED) is 0.921. The van der Waals surface area contributed by atoms with Crippen molar-refractivity contribution in [1.82, 2.24) is 0 Å². The number of rotatable bonds is 5. The number of carbonyl (C=O) groups is 1. The molecule has 0 heterocycles. The number of hydrogen-bond acceptors (Lipinski definition) is 4. The van der Waals surface area contributed by atoms with Gasteiger partial charge in [0.2, 0.25) is 0 Å². The summed E-state index contributed by atoms with van der Waals surface area (Å²) in [7, 11) is 4.56. The highest BCUT2D eigenvalue weighted by Gasteiger charge is 2.17. The van der Waals surface area contributed by atoms with E-state index in [1.165, 1.54) is 21.3 Å². The maximum Gasteiger partial charge on any atom is 0.259 e. The summed E-state index contributed by atoms with van der Waals surface area (Å²) < 4.78 is 15.7. The van der Waals surface area contributed by atoms with Crippen LogP contribution >= 0.6 is 0 Å². The van der Waals surface area contributed by atoms with E-state index >= 15 is 0 Å². The van der Waals surface area contributed by atoms with Crippen LogP contribution in [-0.2, 0) is 0 Å². The Morgan fingerprint density at radius 2 is 1.55 bits per heavy atom. The number of methoxy groups -OCH3 is 3. The molecule has 0 atom stereocenters. The minimum atomic E-state index is -0.275. The van der Waals surface area contributed by atoms with Crippen LogP contribution in [0.5, 0.6) is 17.2 Å². The van der Waals surface area contributed by atoms with Gasteiger partial charge in [-0.05, 0) is 24.6 Å². The monoisotopic (exact) mass is 301 g/mol. The van der Waals surface area contributed by atoms with Crippen molar-refractivity contribution >= 4 is 11.6 Å². The lowest BCUT2D eigenvalue weighted by Crippen LogP contribution is -2.13. The topological polar surface area (TPSA) is 56.8 Å². The van der Waals surface area contributed by atoms with Gasteiger partial charge in [-0.15, -0.1) is 0 Å². The zero-order chi connectivity index (χ0) is 16.1. The molecule has 1 amide bonds. The molecule has 0 fully saturated rings. The van der Waals surface area contributed by atoms with Crippen LogP contribution in [0.15, 0.2) is 36.4 Å². The molecule has 1 N–H and O–H groups in total. The highest BCUT2D eigenvalue weighted by molar-refractivity contribution is 6.06. The predicted octanol–water partition coefficient (Wildman–Crippen LogP) is 3.27. The highest BCUT2D eigenvalue weighted by atomic mass is 16.5. The van der Waals surface area contributed by atoms with Crippen LogP contribution < -0.4 is 19.5 Å². The molecule has 22 heavy (non-hydrogen) atoms. The number of amides is 1. The average Bonchev–Trinajstić information content (AvgIpc) is 2.53. The molecule has 2 aromatic carbocycles. The van der Waals surface area contributed by atoms with Gasteiger partial charge in [0, 0.05) is 17.8 Å². The van der Waals surface area contributed by atoms with E-state index in [4.69, 9.17) is 14.2 Å². The Hall–Kier alpha value is -2.69. The zero-order valence-corrected chi connectivity index (χ0v) is 13.1. The second kappa shape index (κ2) is 6.85. The van der Waals surface area contributed by atoms with Gasteiger partial charge in [-0.25, -0.2) is 0 Å². The summed E-state index contributed by atoms with van der Waals surface area (Å²) in [5.74, 6) is 1.12. The Morgan fingerprint density at radius 1 is 0.909 bits per heavy atom. The highest BCUT2D eigenvalue weighted by Crippen LogP contribution is 2.34. The number of ether oxygens (including phenoxy) is 3. The molecule has 0 aliphatic carbocycles. The summed E-state index contributed by atoms with van der Waals surface area (Å²) in [5, 5.41) is 2.85. The number of carbonyl (C=O) groups excluding carboxylic acids is 1. The van der Waals surface area contributed by atoms with E-state index in [1.807, 2.05) is 31.2 Å². The largest absolute Gasteiger partial charge is 0.496 e. The molecule has 0 aromatic heterocycles. The lowest BCUT2D eigenvalue weighted by atomic mass is 10.1. The van der Waals surface area contributed by atoms with Crippen LogP contribution in [0, 0.1) is 6.92 Å². The number of benzene rings is 2. The van der Waals surface area contributed by atoms with Crippen molar-refractivity contribution in [3.63, 3.8) is 0 Å². The third-order valence-corrected chi connectivity index (χ3v) is 3.23. The summed E-state index contributed by atoms with van der Waals surface area (Å²) in [6.45, 7) is 1.96. The molecule has 2 aromatic rings. The zero-order valence-electron chi connectivity index (χ0n) is 13.1. The number of aryl methyl sites for hydroxylation is 1. The van der Waals surface area contributed by atoms with Crippen LogP contribution in [-0.4, -0.2) is 27.2 Å². The van der Waals surface area contributed by atoms with Gasteiger partial charge in [0.25, 0.3) is 5.91 Å². The molecule has 2 rings (SSSR count). The standard InChI is InChI=1S/C17H19NO4/c1-11-6-5-7-12(8-11)18-17(19)13-9-15(21-3)16(22-4)10-14(13)20-2/h5-10H,1-4H3,(H,18,19). The van der Waals surface area contributed by atoms with E-state index in [2.05, 4.69) is 5.32 Å². The van der Waals surface area contributed by atoms with Crippen LogP contribution in [0.25, 0.3) is 0 Å². The number of nitrogens with one attached hydrogen (secondary N) is 1. The molecule has 0 saturated heterocycles. The molecule has 116 valence electrons. The average molecular weight is 301 g/mol. The van der Waals surface area contributed by atoms with Gasteiger partial charge in [0.15, 0.2) is 11.5 Å². The van der Waals surface area contributed by atoms with E-state index in [-0.39, 0.29) is 5.91 Å². The molecule has 0 aliphatic heterocycles. The normalized spacial score (nSPS) is 10.0. The van der Waals surface area contributed by atoms with E-state index in [1.54, 1.807) is 12.1 Å². The molecule has 0 bridgehead atoms. The second-order valence-electron chi connectivity index (χ2n) is 4.73. The lowest BCUT2D eigenvalue weighted by molar-refractivity contribution is 0.102. The van der Waals surface area contributed by atoms with Gasteiger partial charge < -0.3 is 19.5 Å². The fourth-order valence-electron chi connectivity index (χ4n) is 2.13. The SMILES string of the molecule is COc1cc(OC)c(C(=O)Nc2cccc(C)c2)cc1OC. The molecular weight excluding hydrogens is 282 g/mol. The Morgan fingerprint density at radius 3 is 2.14 bits per heavy atom. The Bertz CT molecular complexity index is 682. The van der Waals surface area contributed by atoms with Crippen molar-refractivity contribution < 1.29 is 19.0 Å². The van der Waals surface area contributed by atoms with Gasteiger partial charge in [-0.2, -0.15) is 0 Å². The third kappa shape index (κ3) is 3.31. The fraction of sp³-hybridized carbons (Fsp3) is 0.235. The van der Waals surface area contributed by atoms with Crippen molar-refractivity contribution in [2.24, 2.45) is 0 Å². The molecule has 5 nitrogen and oxygen atoms in total. The van der Waals surface area contributed by atoms with E-state index in [0.29, 0.717) is 22.8 Å². The molecule has 0 saturated carbocycles. The van der Waals surface area contributed by atoms with Gasteiger partial charge in [0.1, 0.15) is 5.75 Å². The Balaban J connectivity index is 2.36. The third-order valence-electron chi connectivity index (χ3n) is 3.23. The summed E-state index contributed by atoms with van der Waals surface area (Å²) in [6.07, 6.45) is 0. The second-order valence-corrected chi connectivity index (χ2v) is 4.73. The first-order valence-corrected chi connectivity index (χ1v) is 6.77. The van der Waals surface area contributed by atoms with Crippen molar-refractivity contribution in [2.75, 3.05) is 26.6 Å². The summed E-state index contributed by atoms with van der Waals surface area (Å²) in [4.78, 5) is 12.5. The van der Waals surface area contributed by atoms with Crippen molar-refractivity contribution in [1.29, 1.82) is 0 Å². The first-order valence-electron chi connectivity index (χ1n) is 6.77. The summed E-state index contributed by atoms with van der Waals surface area (Å²) >= 11 is 0. The number of anilines is 1. The first kappa shape index (κ1) is 15.7. The van der Waals surface area contributed by atoms with Crippen LogP contribution in [0.2, 0.25) is 0 Å². The van der Waals surface area contributed by atoms with Crippen LogP contribution in [0.3, 0.4) is 0 Å². The van der Waals surface area contributed by atoms with E-state index in [9.17, 15) is 4.79 Å². The van der Waals surface area contributed by atoms with E-state index < -0.39 is 0 Å². The molecule has 5 heteroatoms. The van der Waals surface area contributed by atoms with Crippen molar-refractivity contribution in [2.45, 2.75) is 6.92 Å². The summed E-state index contributed by atoms with van der Waals surface area (Å²) in [5.41, 5.74) is 2.17. The van der Waals surface area contributed by atoms with Crippen molar-refractivity contribution in [3.8, 4) is 17.2 Å². The number of hydrogen-bond donors (Lipinski definition) is 1.